The molecule has 0 amide bonds. The molecule has 1 aromatic heterocycles. The summed E-state index contributed by atoms with van der Waals surface area (Å²) in [7, 11) is 6.93. The summed E-state index contributed by atoms with van der Waals surface area (Å²) in [5, 5.41) is 15.4. The van der Waals surface area contributed by atoms with Crippen LogP contribution in [0.4, 0.5) is 0 Å². The number of hydrogen-bond acceptors (Lipinski definition) is 15. The van der Waals surface area contributed by atoms with Gasteiger partial charge in [0, 0.05) is 71.6 Å². The van der Waals surface area contributed by atoms with Gasteiger partial charge < -0.3 is 42.9 Å². The van der Waals surface area contributed by atoms with Gasteiger partial charge in [-0.3, -0.25) is 19.9 Å². The number of H-pyrrole nitrogens is 1. The summed E-state index contributed by atoms with van der Waals surface area (Å²) in [5.41, 5.74) is 6.36. The van der Waals surface area contributed by atoms with E-state index in [1.54, 1.807) is 33.1 Å². The lowest BCUT2D eigenvalue weighted by Gasteiger charge is -2.62. The number of nitrogens with one attached hydrogen (secondary N) is 2. The van der Waals surface area contributed by atoms with Crippen LogP contribution in [0.3, 0.4) is 0 Å². The molecule has 16 heteroatoms. The smallest absolute Gasteiger partial charge is 0.333 e. The lowest BCUT2D eigenvalue weighted by molar-refractivity contribution is -0.157. The second-order valence-corrected chi connectivity index (χ2v) is 17.5. The highest BCUT2D eigenvalue weighted by Gasteiger charge is 2.62. The third-order valence-corrected chi connectivity index (χ3v) is 14.9. The Morgan fingerprint density at radius 2 is 1.87 bits per heavy atom. The van der Waals surface area contributed by atoms with Crippen LogP contribution in [-0.2, 0) is 37.4 Å². The van der Waals surface area contributed by atoms with E-state index in [0.29, 0.717) is 59.3 Å². The summed E-state index contributed by atoms with van der Waals surface area (Å²) in [5.74, 6) is 2.57. The molecule has 60 heavy (non-hydrogen) atoms. The van der Waals surface area contributed by atoms with Gasteiger partial charge in [-0.1, -0.05) is 6.07 Å². The van der Waals surface area contributed by atoms with Gasteiger partial charge in [-0.15, -0.1) is 11.8 Å². The molecular weight excluding hydrogens is 791 g/mol. The molecule has 4 bridgehead atoms. The maximum absolute atomic E-state index is 15.0. The Hall–Kier alpha value is -5.18. The average molecular weight is 838 g/mol. The van der Waals surface area contributed by atoms with E-state index >= 15 is 4.79 Å². The highest BCUT2D eigenvalue weighted by atomic mass is 32.2. The summed E-state index contributed by atoms with van der Waals surface area (Å²) in [6.07, 6.45) is 1.24. The first-order chi connectivity index (χ1) is 29.1. The Morgan fingerprint density at radius 3 is 2.62 bits per heavy atom. The van der Waals surface area contributed by atoms with Crippen molar-refractivity contribution in [2.75, 3.05) is 60.9 Å². The molecule has 0 saturated carbocycles. The van der Waals surface area contributed by atoms with Crippen LogP contribution in [-0.4, -0.2) is 106 Å². The summed E-state index contributed by atoms with van der Waals surface area (Å²) < 4.78 is 48.8. The molecule has 2 saturated heterocycles. The molecule has 11 rings (SSSR count). The number of hydrogen-bond donors (Lipinski definition) is 2. The summed E-state index contributed by atoms with van der Waals surface area (Å²) in [6.45, 7) is 5.62. The van der Waals surface area contributed by atoms with Gasteiger partial charge in [0.05, 0.1) is 43.3 Å². The summed E-state index contributed by atoms with van der Waals surface area (Å²) in [4.78, 5) is 36.3. The molecule has 2 fully saturated rings. The Kier molecular flexibility index (Phi) is 9.41. The largest absolute Gasteiger partial charge is 0.497 e. The van der Waals surface area contributed by atoms with Gasteiger partial charge in [0.2, 0.25) is 6.79 Å². The van der Waals surface area contributed by atoms with Crippen molar-refractivity contribution in [2.24, 2.45) is 0 Å². The topological polar surface area (TPSA) is 166 Å². The van der Waals surface area contributed by atoms with Gasteiger partial charge in [-0.25, -0.2) is 4.79 Å². The minimum atomic E-state index is -1.28. The lowest BCUT2D eigenvalue weighted by atomic mass is 9.71. The fourth-order valence-corrected chi connectivity index (χ4v) is 12.7. The van der Waals surface area contributed by atoms with Crippen molar-refractivity contribution in [3.05, 3.63) is 68.9 Å². The van der Waals surface area contributed by atoms with Crippen LogP contribution in [0, 0.1) is 25.2 Å². The van der Waals surface area contributed by atoms with Crippen LogP contribution in [0.2, 0.25) is 0 Å². The van der Waals surface area contributed by atoms with Crippen molar-refractivity contribution >= 4 is 34.6 Å². The third-order valence-electron chi connectivity index (χ3n) is 13.4. The number of aryl methyl sites for hydroxylation is 1. The zero-order valence-corrected chi connectivity index (χ0v) is 35.4. The van der Waals surface area contributed by atoms with E-state index < -0.39 is 40.9 Å². The number of esters is 2. The van der Waals surface area contributed by atoms with Crippen molar-refractivity contribution in [3.63, 3.8) is 0 Å². The van der Waals surface area contributed by atoms with Gasteiger partial charge in [0.25, 0.3) is 0 Å². The monoisotopic (exact) mass is 837 g/mol. The average Bonchev–Trinajstić information content (AvgIpc) is 3.88. The second kappa shape index (κ2) is 14.5. The lowest BCUT2D eigenvalue weighted by Crippen LogP contribution is -2.69. The van der Waals surface area contributed by atoms with Crippen molar-refractivity contribution in [3.8, 4) is 40.6 Å². The van der Waals surface area contributed by atoms with E-state index in [-0.39, 0.29) is 38.0 Å². The van der Waals surface area contributed by atoms with E-state index in [2.05, 4.69) is 39.3 Å². The Morgan fingerprint density at radius 1 is 1.05 bits per heavy atom. The number of carbonyl (C=O) groups excluding carboxylic acids is 2. The number of piperazine rings is 1. The van der Waals surface area contributed by atoms with Crippen LogP contribution >= 0.6 is 11.8 Å². The van der Waals surface area contributed by atoms with Crippen molar-refractivity contribution in [2.45, 2.75) is 74.6 Å². The van der Waals surface area contributed by atoms with Crippen LogP contribution in [0.5, 0.6) is 34.5 Å². The number of carbonyl (C=O) groups is 2. The highest BCUT2D eigenvalue weighted by molar-refractivity contribution is 7.99. The van der Waals surface area contributed by atoms with Crippen LogP contribution in [0.25, 0.3) is 10.9 Å². The molecule has 2 N–H and O–H groups in total. The van der Waals surface area contributed by atoms with E-state index in [4.69, 9.17) is 37.9 Å². The first-order valence-electron chi connectivity index (χ1n) is 20.1. The number of aromatic nitrogens is 1. The minimum absolute atomic E-state index is 0.00687. The van der Waals surface area contributed by atoms with Crippen LogP contribution in [0.1, 0.15) is 68.9 Å². The minimum Gasteiger partial charge on any atom is -0.497 e. The number of aromatic amines is 1. The van der Waals surface area contributed by atoms with E-state index in [9.17, 15) is 10.1 Å². The number of likely N-dealkylation sites (N-methyl/N-ethyl adjacent to an activating group) is 1. The quantitative estimate of drug-likeness (QED) is 0.151. The molecule has 15 nitrogen and oxygen atoms in total. The van der Waals surface area contributed by atoms with Crippen molar-refractivity contribution in [1.29, 1.82) is 5.26 Å². The zero-order chi connectivity index (χ0) is 41.8. The van der Waals surface area contributed by atoms with Crippen LogP contribution < -0.4 is 33.7 Å². The molecule has 8 heterocycles. The molecule has 7 atom stereocenters. The maximum atomic E-state index is 15.0. The number of ether oxygens (including phenoxy) is 8. The number of methoxy groups -OCH3 is 3. The first-order valence-corrected chi connectivity index (χ1v) is 21.2. The van der Waals surface area contributed by atoms with Gasteiger partial charge in [0.15, 0.2) is 35.3 Å². The number of nitriles is 1. The molecule has 0 aliphatic carbocycles. The molecule has 7 aliphatic heterocycles. The van der Waals surface area contributed by atoms with E-state index in [1.165, 1.54) is 6.92 Å². The van der Waals surface area contributed by atoms with Gasteiger partial charge in [0.1, 0.15) is 24.1 Å². The van der Waals surface area contributed by atoms with Gasteiger partial charge >= 0.3 is 11.9 Å². The second-order valence-electron chi connectivity index (χ2n) is 16.3. The highest BCUT2D eigenvalue weighted by Crippen LogP contribution is 2.64. The maximum Gasteiger partial charge on any atom is 0.333 e. The third kappa shape index (κ3) is 5.42. The molecule has 3 aromatic carbocycles. The van der Waals surface area contributed by atoms with Crippen molar-refractivity contribution in [1.82, 2.24) is 20.1 Å². The van der Waals surface area contributed by atoms with Crippen molar-refractivity contribution < 1.29 is 47.5 Å². The Labute approximate surface area is 351 Å². The summed E-state index contributed by atoms with van der Waals surface area (Å²) in [6, 6.07) is 8.29. The zero-order valence-electron chi connectivity index (χ0n) is 34.6. The number of benzene rings is 3. The first kappa shape index (κ1) is 39.0. The molecular formula is C44H47N5O10S. The number of nitrogens with zero attached hydrogens (tertiary/aromatic N) is 3. The van der Waals surface area contributed by atoms with Gasteiger partial charge in [-0.2, -0.15) is 5.26 Å². The molecule has 314 valence electrons. The fraction of sp³-hybridized carbons (Fsp3) is 0.477. The molecule has 1 spiro atoms. The number of fused-ring (bicyclic) bond motifs is 11. The van der Waals surface area contributed by atoms with E-state index in [0.717, 1.165) is 50.2 Å². The molecule has 4 aromatic rings. The Balaban J connectivity index is 1.24. The normalized spacial score (nSPS) is 27.6. The standard InChI is InChI=1S/C44H47N5O10S/c1-20-12-23-13-28-29(15-45)49-30-16-55-43(51)44(42-25(10-11-46-44)26-14-24(53-6)8-9-27(26)47-42)17-60-41(33-32(30)40-38(57-19-58-40)21(2)37(33)59-22(3)50)35(49)34(48(28)4)31(23)39(36(20)54-7)56-18-52-5/h8-9,12,14,28-30,34-35,41,46-47H,10-11,13,16-19H2,1-7H3/t28?,29-,30-,34+,35+,41+,44+/m0/s1. The predicted octanol–water partition coefficient (Wildman–Crippen LogP) is 5.04. The summed E-state index contributed by atoms with van der Waals surface area (Å²) >= 11 is 1.57. The van der Waals surface area contributed by atoms with Crippen LogP contribution in [0.15, 0.2) is 24.3 Å². The van der Waals surface area contributed by atoms with E-state index in [1.807, 2.05) is 32.0 Å². The molecule has 7 aliphatic rings. The SMILES string of the molecule is COCOc1c(OC)c(C)cc2c1[C@@H]1[C@@H]3[C@@H]4SC[C@]5(NCCc6c5[nH]c5ccc(OC)cc65)C(=O)OC[C@@H](c5c6c(c(C)c(OC(C)=O)c54)OCO6)N3[C@@H](C#N)C(C2)N1C. The fourth-order valence-electron chi connectivity index (χ4n) is 11.0. The molecule has 1 unspecified atom stereocenters. The number of rotatable bonds is 6. The Bertz CT molecular complexity index is 2520. The predicted molar refractivity (Wildman–Crippen MR) is 219 cm³/mol. The molecule has 0 radical (unpaired) electrons. The van der Waals surface area contributed by atoms with Gasteiger partial charge in [-0.05, 0) is 68.6 Å². The number of thioether (sulfide) groups is 1.